The summed E-state index contributed by atoms with van der Waals surface area (Å²) in [6, 6.07) is 9.96. The monoisotopic (exact) mass is 218 g/mol. The molecule has 70 valence electrons. The predicted molar refractivity (Wildman–Crippen MR) is 56.0 cm³/mol. The SMILES string of the molecule is OB(O)OC1CC1c1ccccc1.[KH]. The summed E-state index contributed by atoms with van der Waals surface area (Å²) in [5, 5.41) is 17.1. The molecule has 2 rings (SSSR count). The van der Waals surface area contributed by atoms with Crippen molar-refractivity contribution in [2.75, 3.05) is 0 Å². The fourth-order valence-electron chi connectivity index (χ4n) is 1.53. The van der Waals surface area contributed by atoms with Gasteiger partial charge < -0.3 is 14.7 Å². The molecule has 1 aromatic carbocycles. The molecule has 1 saturated carbocycles. The molecule has 1 aromatic rings. The zero-order chi connectivity index (χ0) is 9.26. The number of hydrogen-bond acceptors (Lipinski definition) is 3. The van der Waals surface area contributed by atoms with Gasteiger partial charge in [0.15, 0.2) is 0 Å². The second-order valence-electron chi connectivity index (χ2n) is 3.25. The quantitative estimate of drug-likeness (QED) is 0.695. The topological polar surface area (TPSA) is 49.7 Å². The molecule has 0 amide bonds. The molecule has 0 radical (unpaired) electrons. The number of rotatable bonds is 3. The third-order valence-electron chi connectivity index (χ3n) is 2.26. The predicted octanol–water partition coefficient (Wildman–Crippen LogP) is -0.120. The molecule has 0 aliphatic heterocycles. The zero-order valence-electron chi connectivity index (χ0n) is 7.13. The molecule has 0 saturated heterocycles. The van der Waals surface area contributed by atoms with Crippen molar-refractivity contribution >= 4 is 58.7 Å². The first kappa shape index (κ1) is 12.9. The molecule has 2 unspecified atom stereocenters. The van der Waals surface area contributed by atoms with Crippen LogP contribution in [0.3, 0.4) is 0 Å². The van der Waals surface area contributed by atoms with Gasteiger partial charge >= 0.3 is 58.7 Å². The van der Waals surface area contributed by atoms with E-state index in [9.17, 15) is 0 Å². The van der Waals surface area contributed by atoms with Gasteiger partial charge in [-0.05, 0) is 12.0 Å². The van der Waals surface area contributed by atoms with Crippen molar-refractivity contribution in [2.45, 2.75) is 18.4 Å². The number of benzene rings is 1. The van der Waals surface area contributed by atoms with Gasteiger partial charge in [-0.1, -0.05) is 30.3 Å². The van der Waals surface area contributed by atoms with Crippen LogP contribution in [0.25, 0.3) is 0 Å². The van der Waals surface area contributed by atoms with Crippen LogP contribution in [-0.4, -0.2) is 74.9 Å². The Labute approximate surface area is 126 Å². The average molecular weight is 218 g/mol. The molecule has 14 heavy (non-hydrogen) atoms. The second kappa shape index (κ2) is 5.77. The van der Waals surface area contributed by atoms with Crippen LogP contribution in [0.2, 0.25) is 0 Å². The summed E-state index contributed by atoms with van der Waals surface area (Å²) >= 11 is 0. The Kier molecular flexibility index (Phi) is 5.30. The Bertz CT molecular complexity index is 281. The fraction of sp³-hybridized carbons (Fsp3) is 0.333. The van der Waals surface area contributed by atoms with E-state index in [1.165, 1.54) is 5.56 Å². The van der Waals surface area contributed by atoms with E-state index in [0.29, 0.717) is 5.92 Å². The van der Waals surface area contributed by atoms with Gasteiger partial charge in [0.2, 0.25) is 0 Å². The summed E-state index contributed by atoms with van der Waals surface area (Å²) in [5.41, 5.74) is 1.20. The van der Waals surface area contributed by atoms with Crippen LogP contribution in [0.4, 0.5) is 0 Å². The van der Waals surface area contributed by atoms with Gasteiger partial charge in [-0.15, -0.1) is 0 Å². The fourth-order valence-corrected chi connectivity index (χ4v) is 1.53. The second-order valence-corrected chi connectivity index (χ2v) is 3.25. The van der Waals surface area contributed by atoms with Crippen molar-refractivity contribution < 1.29 is 14.7 Å². The van der Waals surface area contributed by atoms with Crippen molar-refractivity contribution in [3.8, 4) is 0 Å². The van der Waals surface area contributed by atoms with Crippen molar-refractivity contribution in [2.24, 2.45) is 0 Å². The molecular formula is C9H12BKO3. The van der Waals surface area contributed by atoms with Crippen molar-refractivity contribution in [1.82, 2.24) is 0 Å². The first-order chi connectivity index (χ1) is 6.27. The third-order valence-corrected chi connectivity index (χ3v) is 2.26. The summed E-state index contributed by atoms with van der Waals surface area (Å²) in [4.78, 5) is 0. The molecule has 1 aliphatic carbocycles. The summed E-state index contributed by atoms with van der Waals surface area (Å²) in [6.45, 7) is 0. The summed E-state index contributed by atoms with van der Waals surface area (Å²) in [5.74, 6) is 0.336. The first-order valence-electron chi connectivity index (χ1n) is 4.34. The molecular weight excluding hydrogens is 206 g/mol. The van der Waals surface area contributed by atoms with Gasteiger partial charge in [0.25, 0.3) is 0 Å². The first-order valence-corrected chi connectivity index (χ1v) is 4.34. The molecule has 1 fully saturated rings. The third kappa shape index (κ3) is 3.43. The molecule has 0 aromatic heterocycles. The van der Waals surface area contributed by atoms with Gasteiger partial charge in [-0.25, -0.2) is 0 Å². The Balaban J connectivity index is 0.000000980. The summed E-state index contributed by atoms with van der Waals surface area (Å²) in [6.07, 6.45) is 0.851. The maximum atomic E-state index is 8.56. The minimum atomic E-state index is -1.64. The average Bonchev–Trinajstić information content (AvgIpc) is 2.84. The van der Waals surface area contributed by atoms with Crippen LogP contribution < -0.4 is 0 Å². The molecule has 0 spiro atoms. The van der Waals surface area contributed by atoms with E-state index >= 15 is 0 Å². The Morgan fingerprint density at radius 1 is 1.21 bits per heavy atom. The van der Waals surface area contributed by atoms with E-state index < -0.39 is 7.32 Å². The van der Waals surface area contributed by atoms with Crippen molar-refractivity contribution in [1.29, 1.82) is 0 Å². The molecule has 2 atom stereocenters. The van der Waals surface area contributed by atoms with Crippen molar-refractivity contribution in [3.63, 3.8) is 0 Å². The zero-order valence-corrected chi connectivity index (χ0v) is 7.13. The van der Waals surface area contributed by atoms with E-state index in [2.05, 4.69) is 0 Å². The van der Waals surface area contributed by atoms with Crippen LogP contribution >= 0.6 is 0 Å². The normalized spacial score (nSPS) is 23.9. The summed E-state index contributed by atoms with van der Waals surface area (Å²) < 4.78 is 4.84. The molecule has 0 heterocycles. The molecule has 0 bridgehead atoms. The Morgan fingerprint density at radius 3 is 2.43 bits per heavy atom. The van der Waals surface area contributed by atoms with E-state index in [4.69, 9.17) is 14.7 Å². The van der Waals surface area contributed by atoms with Gasteiger partial charge in [0.1, 0.15) is 0 Å². The van der Waals surface area contributed by atoms with Crippen LogP contribution in [0.5, 0.6) is 0 Å². The van der Waals surface area contributed by atoms with Crippen LogP contribution in [0, 0.1) is 0 Å². The molecule has 3 nitrogen and oxygen atoms in total. The van der Waals surface area contributed by atoms with Crippen LogP contribution in [0.15, 0.2) is 30.3 Å². The van der Waals surface area contributed by atoms with E-state index in [1.807, 2.05) is 30.3 Å². The Hall–Kier alpha value is 0.801. The molecule has 5 heteroatoms. The molecule has 2 N–H and O–H groups in total. The molecule has 1 aliphatic rings. The van der Waals surface area contributed by atoms with E-state index in [0.717, 1.165) is 6.42 Å². The van der Waals surface area contributed by atoms with Gasteiger partial charge in [-0.3, -0.25) is 0 Å². The van der Waals surface area contributed by atoms with Gasteiger partial charge in [-0.2, -0.15) is 0 Å². The van der Waals surface area contributed by atoms with E-state index in [1.54, 1.807) is 0 Å². The standard InChI is InChI=1S/C9H11BO3.K.H/c11-10(12)13-9-6-8(9)7-4-2-1-3-5-7;;/h1-5,8-9,11-12H,6H2;;. The van der Waals surface area contributed by atoms with Crippen LogP contribution in [-0.2, 0) is 4.65 Å². The van der Waals surface area contributed by atoms with Crippen LogP contribution in [0.1, 0.15) is 17.9 Å². The number of hydrogen-bond donors (Lipinski definition) is 2. The summed E-state index contributed by atoms with van der Waals surface area (Å²) in [7, 11) is -1.64. The van der Waals surface area contributed by atoms with Crippen molar-refractivity contribution in [3.05, 3.63) is 35.9 Å². The van der Waals surface area contributed by atoms with Gasteiger partial charge in [0, 0.05) is 5.92 Å². The van der Waals surface area contributed by atoms with Gasteiger partial charge in [0.05, 0.1) is 6.10 Å². The van der Waals surface area contributed by atoms with E-state index in [-0.39, 0.29) is 57.5 Å². The maximum absolute atomic E-state index is 8.56. The minimum absolute atomic E-state index is 0. The Morgan fingerprint density at radius 2 is 1.86 bits per heavy atom.